The van der Waals surface area contributed by atoms with Gasteiger partial charge in [-0.25, -0.2) is 14.2 Å². The molecule has 180 valence electrons. The van der Waals surface area contributed by atoms with E-state index in [1.807, 2.05) is 31.2 Å². The summed E-state index contributed by atoms with van der Waals surface area (Å²) in [7, 11) is 0. The molecule has 0 unspecified atom stereocenters. The maximum Gasteiger partial charge on any atom is 0.363 e. The van der Waals surface area contributed by atoms with Crippen LogP contribution in [0.1, 0.15) is 48.9 Å². The molecule has 0 saturated heterocycles. The van der Waals surface area contributed by atoms with E-state index in [0.717, 1.165) is 11.1 Å². The molecular formula is C28H25ClFNO4. The minimum Gasteiger partial charge on any atom is -0.490 e. The van der Waals surface area contributed by atoms with Crippen molar-refractivity contribution in [2.75, 3.05) is 6.61 Å². The van der Waals surface area contributed by atoms with Crippen LogP contribution in [0, 0.1) is 5.82 Å². The Balaban J connectivity index is 1.58. The van der Waals surface area contributed by atoms with Crippen molar-refractivity contribution in [1.29, 1.82) is 0 Å². The van der Waals surface area contributed by atoms with E-state index in [-0.39, 0.29) is 24.0 Å². The van der Waals surface area contributed by atoms with E-state index in [0.29, 0.717) is 34.6 Å². The van der Waals surface area contributed by atoms with Crippen molar-refractivity contribution in [2.45, 2.75) is 33.3 Å². The number of ether oxygens (including phenoxy) is 3. The first-order valence-electron chi connectivity index (χ1n) is 11.3. The normalized spacial score (nSPS) is 14.3. The lowest BCUT2D eigenvalue weighted by atomic mass is 10.0. The van der Waals surface area contributed by atoms with Gasteiger partial charge in [-0.2, -0.15) is 0 Å². The summed E-state index contributed by atoms with van der Waals surface area (Å²) in [6.07, 6.45) is 1.59. The monoisotopic (exact) mass is 493 g/mol. The van der Waals surface area contributed by atoms with Crippen LogP contribution in [-0.4, -0.2) is 18.5 Å². The van der Waals surface area contributed by atoms with Gasteiger partial charge in [0.05, 0.1) is 11.6 Å². The van der Waals surface area contributed by atoms with Crippen molar-refractivity contribution >= 4 is 29.5 Å². The molecule has 0 N–H and O–H groups in total. The van der Waals surface area contributed by atoms with Crippen LogP contribution in [0.15, 0.2) is 71.4 Å². The van der Waals surface area contributed by atoms with Gasteiger partial charge in [-0.15, -0.1) is 0 Å². The van der Waals surface area contributed by atoms with E-state index in [9.17, 15) is 9.18 Å². The smallest absolute Gasteiger partial charge is 0.363 e. The van der Waals surface area contributed by atoms with Gasteiger partial charge in [0, 0.05) is 5.56 Å². The fourth-order valence-corrected chi connectivity index (χ4v) is 3.79. The average Bonchev–Trinajstić information content (AvgIpc) is 3.20. The third-order valence-electron chi connectivity index (χ3n) is 5.38. The molecule has 3 aromatic carbocycles. The van der Waals surface area contributed by atoms with Gasteiger partial charge in [0.2, 0.25) is 5.90 Å². The number of aliphatic imine (C=N–C) groups is 1. The van der Waals surface area contributed by atoms with Crippen molar-refractivity contribution in [3.05, 3.63) is 99.5 Å². The van der Waals surface area contributed by atoms with Gasteiger partial charge in [0.15, 0.2) is 17.2 Å². The summed E-state index contributed by atoms with van der Waals surface area (Å²) < 4.78 is 30.1. The van der Waals surface area contributed by atoms with E-state index in [4.69, 9.17) is 25.8 Å². The van der Waals surface area contributed by atoms with E-state index < -0.39 is 5.97 Å². The molecule has 3 aromatic rings. The standard InChI is InChI=1S/C28H25ClFNO4/c1-4-33-25-15-19(13-23(29)26(25)34-16-18-5-11-22(30)12-6-18)14-24-28(32)35-27(31-24)21-9-7-20(8-10-21)17(2)3/h5-15,17H,4,16H2,1-3H3/b24-14-. The molecule has 0 bridgehead atoms. The maximum absolute atomic E-state index is 13.2. The van der Waals surface area contributed by atoms with Gasteiger partial charge < -0.3 is 14.2 Å². The molecule has 5 nitrogen and oxygen atoms in total. The van der Waals surface area contributed by atoms with Crippen molar-refractivity contribution in [1.82, 2.24) is 0 Å². The lowest BCUT2D eigenvalue weighted by molar-refractivity contribution is -0.129. The Hall–Kier alpha value is -3.64. The fraction of sp³-hybridized carbons (Fsp3) is 0.214. The second-order valence-electron chi connectivity index (χ2n) is 8.29. The molecule has 0 saturated carbocycles. The van der Waals surface area contributed by atoms with Crippen LogP contribution >= 0.6 is 11.6 Å². The van der Waals surface area contributed by atoms with Gasteiger partial charge in [-0.3, -0.25) is 0 Å². The molecule has 0 atom stereocenters. The molecule has 1 aliphatic heterocycles. The Morgan fingerprint density at radius 2 is 1.77 bits per heavy atom. The number of hydrogen-bond donors (Lipinski definition) is 0. The summed E-state index contributed by atoms with van der Waals surface area (Å²) in [5.41, 5.74) is 3.47. The predicted molar refractivity (Wildman–Crippen MR) is 134 cm³/mol. The molecule has 4 rings (SSSR count). The van der Waals surface area contributed by atoms with Gasteiger partial charge >= 0.3 is 5.97 Å². The van der Waals surface area contributed by atoms with E-state index in [1.165, 1.54) is 17.7 Å². The Labute approximate surface area is 208 Å². The van der Waals surface area contributed by atoms with Crippen molar-refractivity contribution in [3.8, 4) is 11.5 Å². The number of rotatable bonds is 8. The SMILES string of the molecule is CCOc1cc(/C=C2\N=C(c3ccc(C(C)C)cc3)OC2=O)cc(Cl)c1OCc1ccc(F)cc1. The molecule has 0 radical (unpaired) electrons. The molecular weight excluding hydrogens is 469 g/mol. The van der Waals surface area contributed by atoms with Crippen LogP contribution in [0.2, 0.25) is 5.02 Å². The highest BCUT2D eigenvalue weighted by molar-refractivity contribution is 6.32. The number of nitrogens with zero attached hydrogens (tertiary/aromatic N) is 1. The van der Waals surface area contributed by atoms with Crippen molar-refractivity contribution in [3.63, 3.8) is 0 Å². The van der Waals surface area contributed by atoms with Crippen LogP contribution in [0.4, 0.5) is 4.39 Å². The number of hydrogen-bond acceptors (Lipinski definition) is 5. The van der Waals surface area contributed by atoms with Crippen LogP contribution in [-0.2, 0) is 16.1 Å². The number of benzene rings is 3. The first-order valence-corrected chi connectivity index (χ1v) is 11.7. The maximum atomic E-state index is 13.2. The molecule has 7 heteroatoms. The van der Waals surface area contributed by atoms with Crippen molar-refractivity contribution in [2.24, 2.45) is 4.99 Å². The first kappa shape index (κ1) is 24.5. The van der Waals surface area contributed by atoms with Gasteiger partial charge in [-0.05, 0) is 72.0 Å². The predicted octanol–water partition coefficient (Wildman–Crippen LogP) is 6.92. The molecule has 0 aromatic heterocycles. The van der Waals surface area contributed by atoms with Crippen LogP contribution in [0.5, 0.6) is 11.5 Å². The zero-order chi connectivity index (χ0) is 24.9. The summed E-state index contributed by atoms with van der Waals surface area (Å²) in [5, 5.41) is 0.310. The number of cyclic esters (lactones) is 1. The second kappa shape index (κ2) is 10.7. The zero-order valence-electron chi connectivity index (χ0n) is 19.7. The summed E-state index contributed by atoms with van der Waals surface area (Å²) >= 11 is 6.50. The summed E-state index contributed by atoms with van der Waals surface area (Å²) in [6, 6.07) is 17.2. The minimum absolute atomic E-state index is 0.159. The Bertz CT molecular complexity index is 1280. The summed E-state index contributed by atoms with van der Waals surface area (Å²) in [5.74, 6) is 0.588. The Morgan fingerprint density at radius 3 is 2.43 bits per heavy atom. The second-order valence-corrected chi connectivity index (χ2v) is 8.70. The molecule has 35 heavy (non-hydrogen) atoms. The first-order chi connectivity index (χ1) is 16.8. The van der Waals surface area contributed by atoms with E-state index in [1.54, 1.807) is 30.3 Å². The fourth-order valence-electron chi connectivity index (χ4n) is 3.51. The highest BCUT2D eigenvalue weighted by Gasteiger charge is 2.24. The Morgan fingerprint density at radius 1 is 1.06 bits per heavy atom. The van der Waals surface area contributed by atoms with Gasteiger partial charge in [0.25, 0.3) is 0 Å². The molecule has 1 heterocycles. The summed E-state index contributed by atoms with van der Waals surface area (Å²) in [6.45, 7) is 6.65. The van der Waals surface area contributed by atoms with Gasteiger partial charge in [-0.1, -0.05) is 49.7 Å². The van der Waals surface area contributed by atoms with Crippen LogP contribution in [0.25, 0.3) is 6.08 Å². The van der Waals surface area contributed by atoms with Gasteiger partial charge in [0.1, 0.15) is 12.4 Å². The van der Waals surface area contributed by atoms with E-state index >= 15 is 0 Å². The average molecular weight is 494 g/mol. The summed E-state index contributed by atoms with van der Waals surface area (Å²) in [4.78, 5) is 16.8. The molecule has 0 amide bonds. The Kier molecular flexibility index (Phi) is 7.51. The lowest BCUT2D eigenvalue weighted by Gasteiger charge is -2.14. The van der Waals surface area contributed by atoms with E-state index in [2.05, 4.69) is 18.8 Å². The number of halogens is 2. The minimum atomic E-state index is -0.543. The number of carbonyl (C=O) groups excluding carboxylic acids is 1. The quantitative estimate of drug-likeness (QED) is 0.252. The molecule has 0 fully saturated rings. The largest absolute Gasteiger partial charge is 0.490 e. The highest BCUT2D eigenvalue weighted by Crippen LogP contribution is 2.38. The molecule has 0 aliphatic carbocycles. The number of carbonyl (C=O) groups is 1. The topological polar surface area (TPSA) is 57.1 Å². The third kappa shape index (κ3) is 5.89. The third-order valence-corrected chi connectivity index (χ3v) is 5.66. The van der Waals surface area contributed by atoms with Crippen LogP contribution in [0.3, 0.4) is 0 Å². The van der Waals surface area contributed by atoms with Crippen LogP contribution < -0.4 is 9.47 Å². The zero-order valence-corrected chi connectivity index (χ0v) is 20.4. The number of esters is 1. The molecule has 1 aliphatic rings. The highest BCUT2D eigenvalue weighted by atomic mass is 35.5. The van der Waals surface area contributed by atoms with Crippen molar-refractivity contribution < 1.29 is 23.4 Å². The molecule has 0 spiro atoms. The lowest BCUT2D eigenvalue weighted by Crippen LogP contribution is -2.05.